The Bertz CT molecular complexity index is 482. The van der Waals surface area contributed by atoms with Crippen molar-refractivity contribution in [2.24, 2.45) is 0 Å². The van der Waals surface area contributed by atoms with Gasteiger partial charge >= 0.3 is 5.97 Å². The lowest BCUT2D eigenvalue weighted by molar-refractivity contribution is 0.0691. The Morgan fingerprint density at radius 3 is 2.45 bits per heavy atom. The molecule has 20 heavy (non-hydrogen) atoms. The fraction of sp³-hybridized carbons (Fsp3) is 0.467. The molecule has 5 heteroatoms. The first kappa shape index (κ1) is 14.5. The topological polar surface area (TPSA) is 69.6 Å². The highest BCUT2D eigenvalue weighted by Gasteiger charge is 2.15. The van der Waals surface area contributed by atoms with E-state index in [4.69, 9.17) is 5.11 Å². The van der Waals surface area contributed by atoms with Crippen molar-refractivity contribution in [3.63, 3.8) is 0 Å². The number of amides is 1. The molecule has 0 bridgehead atoms. The van der Waals surface area contributed by atoms with Crippen LogP contribution in [0.5, 0.6) is 0 Å². The summed E-state index contributed by atoms with van der Waals surface area (Å²) in [6.45, 7) is 3.86. The minimum Gasteiger partial charge on any atom is -0.478 e. The van der Waals surface area contributed by atoms with Gasteiger partial charge in [-0.3, -0.25) is 4.79 Å². The van der Waals surface area contributed by atoms with Crippen LogP contribution < -0.4 is 5.32 Å². The third kappa shape index (κ3) is 3.81. The molecule has 0 radical (unpaired) electrons. The van der Waals surface area contributed by atoms with Gasteiger partial charge in [-0.05, 0) is 51.0 Å². The van der Waals surface area contributed by atoms with Gasteiger partial charge in [-0.2, -0.15) is 0 Å². The van der Waals surface area contributed by atoms with Gasteiger partial charge in [0.05, 0.1) is 11.1 Å². The van der Waals surface area contributed by atoms with Gasteiger partial charge in [0.2, 0.25) is 0 Å². The predicted octanol–water partition coefficient (Wildman–Crippen LogP) is 1.60. The Labute approximate surface area is 118 Å². The van der Waals surface area contributed by atoms with Crippen LogP contribution in [0.25, 0.3) is 0 Å². The number of hydrogen-bond acceptors (Lipinski definition) is 3. The van der Waals surface area contributed by atoms with Crippen LogP contribution >= 0.6 is 0 Å². The molecule has 0 saturated carbocycles. The Balaban J connectivity index is 1.81. The molecule has 5 nitrogen and oxygen atoms in total. The molecule has 2 N–H and O–H groups in total. The molecular weight excluding hydrogens is 256 g/mol. The van der Waals surface area contributed by atoms with Crippen LogP contribution in [0.15, 0.2) is 24.3 Å². The fourth-order valence-electron chi connectivity index (χ4n) is 2.47. The quantitative estimate of drug-likeness (QED) is 0.774. The molecule has 1 amide bonds. The summed E-state index contributed by atoms with van der Waals surface area (Å²) in [6.07, 6.45) is 3.41. The molecule has 1 aliphatic heterocycles. The molecule has 0 aromatic heterocycles. The molecule has 0 aliphatic carbocycles. The highest BCUT2D eigenvalue weighted by atomic mass is 16.4. The van der Waals surface area contributed by atoms with Gasteiger partial charge in [0.25, 0.3) is 5.91 Å². The maximum atomic E-state index is 12.0. The molecule has 1 aromatic carbocycles. The van der Waals surface area contributed by atoms with Crippen molar-refractivity contribution < 1.29 is 14.7 Å². The van der Waals surface area contributed by atoms with Gasteiger partial charge in [-0.25, -0.2) is 4.79 Å². The van der Waals surface area contributed by atoms with Crippen LogP contribution in [0.3, 0.4) is 0 Å². The molecule has 0 unspecified atom stereocenters. The highest BCUT2D eigenvalue weighted by Crippen LogP contribution is 2.09. The summed E-state index contributed by atoms with van der Waals surface area (Å²) in [6, 6.07) is 6.28. The minimum atomic E-state index is -1.08. The number of carboxylic acids is 1. The van der Waals surface area contributed by atoms with E-state index < -0.39 is 5.97 Å². The number of likely N-dealkylation sites (tertiary alicyclic amines) is 1. The van der Waals surface area contributed by atoms with Gasteiger partial charge in [0.15, 0.2) is 0 Å². The molecular formula is C15H20N2O3. The number of aromatic carboxylic acids is 1. The number of rotatable bonds is 6. The smallest absolute Gasteiger partial charge is 0.336 e. The van der Waals surface area contributed by atoms with Crippen molar-refractivity contribution in [1.82, 2.24) is 10.2 Å². The molecule has 0 atom stereocenters. The summed E-state index contributed by atoms with van der Waals surface area (Å²) in [5.74, 6) is -1.39. The van der Waals surface area contributed by atoms with Crippen molar-refractivity contribution in [3.8, 4) is 0 Å². The minimum absolute atomic E-state index is 0.0459. The number of carbonyl (C=O) groups is 2. The van der Waals surface area contributed by atoms with E-state index in [2.05, 4.69) is 10.2 Å². The monoisotopic (exact) mass is 276 g/mol. The third-order valence-electron chi connectivity index (χ3n) is 3.54. The largest absolute Gasteiger partial charge is 0.478 e. The first-order chi connectivity index (χ1) is 9.68. The summed E-state index contributed by atoms with van der Waals surface area (Å²) in [5, 5.41) is 11.8. The van der Waals surface area contributed by atoms with E-state index in [1.807, 2.05) is 0 Å². The third-order valence-corrected chi connectivity index (χ3v) is 3.54. The number of benzene rings is 1. The first-order valence-corrected chi connectivity index (χ1v) is 7.01. The Morgan fingerprint density at radius 2 is 1.80 bits per heavy atom. The average molecular weight is 276 g/mol. The van der Waals surface area contributed by atoms with Crippen LogP contribution in [0.2, 0.25) is 0 Å². The maximum absolute atomic E-state index is 12.0. The second kappa shape index (κ2) is 7.05. The lowest BCUT2D eigenvalue weighted by Crippen LogP contribution is -2.29. The molecule has 108 valence electrons. The molecule has 1 fully saturated rings. The predicted molar refractivity (Wildman–Crippen MR) is 76.0 cm³/mol. The van der Waals surface area contributed by atoms with Gasteiger partial charge in [-0.15, -0.1) is 0 Å². The molecule has 1 aliphatic rings. The van der Waals surface area contributed by atoms with Gasteiger partial charge in [0.1, 0.15) is 0 Å². The van der Waals surface area contributed by atoms with E-state index in [1.165, 1.54) is 18.9 Å². The van der Waals surface area contributed by atoms with Crippen molar-refractivity contribution in [2.45, 2.75) is 19.3 Å². The second-order valence-electron chi connectivity index (χ2n) is 5.01. The number of carboxylic acid groups (broad SMARTS) is 1. The van der Waals surface area contributed by atoms with Crippen LogP contribution in [-0.4, -0.2) is 48.1 Å². The molecule has 1 saturated heterocycles. The normalized spacial score (nSPS) is 15.2. The number of carbonyl (C=O) groups excluding carboxylic acids is 1. The van der Waals surface area contributed by atoms with E-state index in [0.717, 1.165) is 26.1 Å². The van der Waals surface area contributed by atoms with E-state index in [-0.39, 0.29) is 17.0 Å². The standard InChI is InChI=1S/C15H20N2O3/c18-14(12-6-1-2-7-13(12)15(19)20)16-8-5-11-17-9-3-4-10-17/h1-2,6-7H,3-5,8-11H2,(H,16,18)(H,19,20). The average Bonchev–Trinajstić information content (AvgIpc) is 2.96. The zero-order valence-corrected chi connectivity index (χ0v) is 11.5. The van der Waals surface area contributed by atoms with Gasteiger partial charge in [-0.1, -0.05) is 12.1 Å². The number of nitrogens with one attached hydrogen (secondary N) is 1. The summed E-state index contributed by atoms with van der Waals surface area (Å²) < 4.78 is 0. The van der Waals surface area contributed by atoms with Crippen LogP contribution in [-0.2, 0) is 0 Å². The van der Waals surface area contributed by atoms with E-state index in [1.54, 1.807) is 18.2 Å². The molecule has 2 rings (SSSR count). The molecule has 1 heterocycles. The lowest BCUT2D eigenvalue weighted by Gasteiger charge is -2.14. The zero-order valence-electron chi connectivity index (χ0n) is 11.5. The van der Waals surface area contributed by atoms with E-state index >= 15 is 0 Å². The van der Waals surface area contributed by atoms with Crippen LogP contribution in [0, 0.1) is 0 Å². The maximum Gasteiger partial charge on any atom is 0.336 e. The van der Waals surface area contributed by atoms with Crippen LogP contribution in [0.4, 0.5) is 0 Å². The van der Waals surface area contributed by atoms with Gasteiger partial charge in [0, 0.05) is 6.54 Å². The number of hydrogen-bond donors (Lipinski definition) is 2. The van der Waals surface area contributed by atoms with Crippen molar-refractivity contribution in [3.05, 3.63) is 35.4 Å². The van der Waals surface area contributed by atoms with Crippen molar-refractivity contribution in [1.29, 1.82) is 0 Å². The van der Waals surface area contributed by atoms with Crippen molar-refractivity contribution >= 4 is 11.9 Å². The zero-order chi connectivity index (χ0) is 14.4. The van der Waals surface area contributed by atoms with Gasteiger partial charge < -0.3 is 15.3 Å². The Morgan fingerprint density at radius 1 is 1.15 bits per heavy atom. The Kier molecular flexibility index (Phi) is 5.12. The Hall–Kier alpha value is -1.88. The van der Waals surface area contributed by atoms with E-state index in [0.29, 0.717) is 6.54 Å². The van der Waals surface area contributed by atoms with E-state index in [9.17, 15) is 9.59 Å². The lowest BCUT2D eigenvalue weighted by atomic mass is 10.1. The van der Waals surface area contributed by atoms with Crippen molar-refractivity contribution in [2.75, 3.05) is 26.2 Å². The SMILES string of the molecule is O=C(O)c1ccccc1C(=O)NCCCN1CCCC1. The number of nitrogens with zero attached hydrogens (tertiary/aromatic N) is 1. The summed E-state index contributed by atoms with van der Waals surface area (Å²) >= 11 is 0. The molecule has 1 aromatic rings. The first-order valence-electron chi connectivity index (χ1n) is 7.01. The fourth-order valence-corrected chi connectivity index (χ4v) is 2.47. The highest BCUT2D eigenvalue weighted by molar-refractivity contribution is 6.04. The summed E-state index contributed by atoms with van der Waals surface area (Å²) in [7, 11) is 0. The second-order valence-corrected chi connectivity index (χ2v) is 5.01. The van der Waals surface area contributed by atoms with Crippen LogP contribution in [0.1, 0.15) is 40.0 Å². The summed E-state index contributed by atoms with van der Waals surface area (Å²) in [4.78, 5) is 25.4. The molecule has 0 spiro atoms. The summed E-state index contributed by atoms with van der Waals surface area (Å²) in [5.41, 5.74) is 0.269.